The zero-order valence-electron chi connectivity index (χ0n) is 15.0. The van der Waals surface area contributed by atoms with E-state index in [0.717, 1.165) is 6.26 Å². The number of aromatic nitrogens is 2. The Balaban J connectivity index is 1.95. The molecule has 1 aromatic heterocycles. The van der Waals surface area contributed by atoms with Gasteiger partial charge in [-0.25, -0.2) is 17.5 Å². The molecule has 28 heavy (non-hydrogen) atoms. The molecule has 2 aromatic carbocycles. The van der Waals surface area contributed by atoms with Crippen molar-refractivity contribution >= 4 is 21.4 Å². The number of nitrogens with zero attached hydrogens (tertiary/aromatic N) is 2. The van der Waals surface area contributed by atoms with Gasteiger partial charge in [0, 0.05) is 23.7 Å². The lowest BCUT2D eigenvalue weighted by Crippen LogP contribution is -2.27. The molecule has 0 bridgehead atoms. The Morgan fingerprint density at radius 1 is 1.11 bits per heavy atom. The first kappa shape index (κ1) is 19.4. The molecule has 1 N–H and O–H groups in total. The molecule has 1 heterocycles. The third-order valence-electron chi connectivity index (χ3n) is 3.94. The average molecular weight is 401 g/mol. The van der Waals surface area contributed by atoms with Crippen LogP contribution in [0.3, 0.4) is 0 Å². The lowest BCUT2D eigenvalue weighted by atomic mass is 10.2. The molecule has 0 saturated carbocycles. The predicted molar refractivity (Wildman–Crippen MR) is 102 cm³/mol. The van der Waals surface area contributed by atoms with Crippen LogP contribution in [0.2, 0.25) is 0 Å². The molecule has 7 nitrogen and oxygen atoms in total. The summed E-state index contributed by atoms with van der Waals surface area (Å²) in [7, 11) is -3.37. The van der Waals surface area contributed by atoms with E-state index in [4.69, 9.17) is 0 Å². The fourth-order valence-electron chi connectivity index (χ4n) is 2.55. The molecule has 144 valence electrons. The second-order valence-corrected chi connectivity index (χ2v) is 8.13. The molecule has 3 rings (SSSR count). The van der Waals surface area contributed by atoms with Gasteiger partial charge >= 0.3 is 0 Å². The third-order valence-corrected chi connectivity index (χ3v) is 5.07. The number of anilines is 1. The molecule has 9 heteroatoms. The maximum Gasteiger partial charge on any atom is 0.280 e. The Labute approximate surface area is 160 Å². The zero-order valence-corrected chi connectivity index (χ0v) is 15.8. The first-order valence-corrected chi connectivity index (χ1v) is 10.0. The molecule has 1 amide bonds. The Bertz CT molecular complexity index is 1220. The van der Waals surface area contributed by atoms with Gasteiger partial charge < -0.3 is 5.32 Å². The van der Waals surface area contributed by atoms with Crippen molar-refractivity contribution in [3.8, 4) is 5.69 Å². The van der Waals surface area contributed by atoms with Crippen molar-refractivity contribution in [2.45, 2.75) is 11.8 Å². The number of aryl methyl sites for hydroxylation is 1. The molecule has 0 radical (unpaired) electrons. The minimum absolute atomic E-state index is 0.0980. The van der Waals surface area contributed by atoms with Gasteiger partial charge in [0.05, 0.1) is 4.90 Å². The molecule has 0 aliphatic rings. The summed E-state index contributed by atoms with van der Waals surface area (Å²) in [5.74, 6) is -1.34. The average Bonchev–Trinajstić information content (AvgIpc) is 2.62. The van der Waals surface area contributed by atoms with Gasteiger partial charge in [-0.05, 0) is 43.3 Å². The second kappa shape index (κ2) is 7.35. The van der Waals surface area contributed by atoms with E-state index in [1.54, 1.807) is 13.0 Å². The van der Waals surface area contributed by atoms with E-state index in [9.17, 15) is 22.4 Å². The number of amides is 1. The third kappa shape index (κ3) is 3.99. The summed E-state index contributed by atoms with van der Waals surface area (Å²) in [6.45, 7) is 1.58. The highest BCUT2D eigenvalue weighted by Gasteiger charge is 2.17. The predicted octanol–water partition coefficient (Wildman–Crippen LogP) is 2.34. The summed E-state index contributed by atoms with van der Waals surface area (Å²) in [4.78, 5) is 24.8. The minimum Gasteiger partial charge on any atom is -0.320 e. The monoisotopic (exact) mass is 401 g/mol. The van der Waals surface area contributed by atoms with Gasteiger partial charge in [0.1, 0.15) is 11.5 Å². The van der Waals surface area contributed by atoms with Crippen molar-refractivity contribution in [1.29, 1.82) is 0 Å². The highest BCUT2D eigenvalue weighted by atomic mass is 32.2. The molecule has 0 aliphatic heterocycles. The molecule has 0 aliphatic carbocycles. The van der Waals surface area contributed by atoms with Gasteiger partial charge in [0.25, 0.3) is 5.91 Å². The van der Waals surface area contributed by atoms with Crippen molar-refractivity contribution in [3.05, 3.63) is 82.0 Å². The number of benzene rings is 2. The van der Waals surface area contributed by atoms with E-state index < -0.39 is 32.7 Å². The van der Waals surface area contributed by atoms with Gasteiger partial charge in [0.2, 0.25) is 5.43 Å². The van der Waals surface area contributed by atoms with E-state index in [2.05, 4.69) is 10.4 Å². The summed E-state index contributed by atoms with van der Waals surface area (Å²) < 4.78 is 38.2. The molecule has 0 spiro atoms. The molecule has 3 aromatic rings. The Morgan fingerprint density at radius 3 is 2.36 bits per heavy atom. The standard InChI is InChI=1S/C19H16FN3O4S/c1-12-11-17(24)18(22-23(12)16-6-4-3-5-15(16)20)19(25)21-13-7-9-14(10-8-13)28(2,26)27/h3-11H,1-2H3,(H,21,25). The summed E-state index contributed by atoms with van der Waals surface area (Å²) in [5, 5.41) is 6.50. The van der Waals surface area contributed by atoms with E-state index in [1.165, 1.54) is 53.2 Å². The maximum atomic E-state index is 14.1. The number of nitrogens with one attached hydrogen (secondary N) is 1. The van der Waals surface area contributed by atoms with Crippen LogP contribution in [0.15, 0.2) is 64.3 Å². The first-order chi connectivity index (χ1) is 13.2. The number of carbonyl (C=O) groups excluding carboxylic acids is 1. The van der Waals surface area contributed by atoms with Crippen LogP contribution in [0.25, 0.3) is 5.69 Å². The largest absolute Gasteiger partial charge is 0.320 e. The number of carbonyl (C=O) groups is 1. The summed E-state index contributed by atoms with van der Waals surface area (Å²) in [5.41, 5.74) is -0.274. The van der Waals surface area contributed by atoms with E-state index in [-0.39, 0.29) is 16.3 Å². The molecular weight excluding hydrogens is 385 g/mol. The molecule has 0 atom stereocenters. The lowest BCUT2D eigenvalue weighted by molar-refractivity contribution is 0.101. The normalized spacial score (nSPS) is 11.2. The summed E-state index contributed by atoms with van der Waals surface area (Å²) in [6, 6.07) is 12.5. The smallest absolute Gasteiger partial charge is 0.280 e. The number of hydrogen-bond donors (Lipinski definition) is 1. The molecule has 0 fully saturated rings. The zero-order chi connectivity index (χ0) is 20.5. The lowest BCUT2D eigenvalue weighted by Gasteiger charge is -2.12. The van der Waals surface area contributed by atoms with Crippen LogP contribution < -0.4 is 10.7 Å². The Kier molecular flexibility index (Phi) is 5.10. The van der Waals surface area contributed by atoms with Crippen molar-refractivity contribution in [3.63, 3.8) is 0 Å². The second-order valence-electron chi connectivity index (χ2n) is 6.11. The van der Waals surface area contributed by atoms with Crippen molar-refractivity contribution in [1.82, 2.24) is 9.78 Å². The SMILES string of the molecule is Cc1cc(=O)c(C(=O)Nc2ccc(S(C)(=O)=O)cc2)nn1-c1ccccc1F. The fourth-order valence-corrected chi connectivity index (χ4v) is 3.18. The summed E-state index contributed by atoms with van der Waals surface area (Å²) in [6.07, 6.45) is 1.07. The van der Waals surface area contributed by atoms with Crippen molar-refractivity contribution in [2.75, 3.05) is 11.6 Å². The van der Waals surface area contributed by atoms with Crippen LogP contribution >= 0.6 is 0 Å². The quantitative estimate of drug-likeness (QED) is 0.724. The van der Waals surface area contributed by atoms with Crippen molar-refractivity contribution < 1.29 is 17.6 Å². The number of sulfone groups is 1. The maximum absolute atomic E-state index is 14.1. The molecule has 0 unspecified atom stereocenters. The van der Waals surface area contributed by atoms with Crippen molar-refractivity contribution in [2.24, 2.45) is 0 Å². The highest BCUT2D eigenvalue weighted by molar-refractivity contribution is 7.90. The fraction of sp³-hybridized carbons (Fsp3) is 0.105. The van der Waals surface area contributed by atoms with E-state index in [1.807, 2.05) is 0 Å². The Morgan fingerprint density at radius 2 is 1.75 bits per heavy atom. The van der Waals surface area contributed by atoms with Crippen LogP contribution in [0.5, 0.6) is 0 Å². The minimum atomic E-state index is -3.37. The van der Waals surface area contributed by atoms with E-state index in [0.29, 0.717) is 5.69 Å². The molecule has 0 saturated heterocycles. The number of halogens is 1. The van der Waals surface area contributed by atoms with Crippen LogP contribution in [-0.2, 0) is 9.84 Å². The first-order valence-electron chi connectivity index (χ1n) is 8.14. The van der Waals surface area contributed by atoms with Crippen LogP contribution in [0.1, 0.15) is 16.2 Å². The topological polar surface area (TPSA) is 98.1 Å². The van der Waals surface area contributed by atoms with Crippen LogP contribution in [-0.4, -0.2) is 30.4 Å². The highest BCUT2D eigenvalue weighted by Crippen LogP contribution is 2.15. The van der Waals surface area contributed by atoms with E-state index >= 15 is 0 Å². The number of hydrogen-bond acceptors (Lipinski definition) is 5. The molecular formula is C19H16FN3O4S. The number of rotatable bonds is 4. The Hall–Kier alpha value is -3.33. The van der Waals surface area contributed by atoms with Crippen LogP contribution in [0.4, 0.5) is 10.1 Å². The van der Waals surface area contributed by atoms with Gasteiger partial charge in [-0.2, -0.15) is 5.10 Å². The van der Waals surface area contributed by atoms with Crippen LogP contribution in [0, 0.1) is 12.7 Å². The van der Waals surface area contributed by atoms with Gasteiger partial charge in [0.15, 0.2) is 15.5 Å². The van der Waals surface area contributed by atoms with Gasteiger partial charge in [-0.1, -0.05) is 12.1 Å². The van der Waals surface area contributed by atoms with Gasteiger partial charge in [-0.3, -0.25) is 9.59 Å². The number of para-hydroxylation sites is 1. The summed E-state index contributed by atoms with van der Waals surface area (Å²) >= 11 is 0. The van der Waals surface area contributed by atoms with Gasteiger partial charge in [-0.15, -0.1) is 0 Å².